The number of nitrogens with one attached hydrogen (secondary N) is 2. The lowest BCUT2D eigenvalue weighted by Gasteiger charge is -2.08. The van der Waals surface area contributed by atoms with E-state index in [9.17, 15) is 5.26 Å². The van der Waals surface area contributed by atoms with Crippen LogP contribution in [0, 0.1) is 11.3 Å². The van der Waals surface area contributed by atoms with Crippen molar-refractivity contribution in [2.24, 2.45) is 7.05 Å². The van der Waals surface area contributed by atoms with Crippen LogP contribution in [0.25, 0.3) is 27.5 Å². The first-order valence-corrected chi connectivity index (χ1v) is 11.8. The highest BCUT2D eigenvalue weighted by Crippen LogP contribution is 2.38. The molecular weight excluding hydrogens is 432 g/mol. The summed E-state index contributed by atoms with van der Waals surface area (Å²) in [7, 11) is 1.89. The molecule has 1 aliphatic heterocycles. The van der Waals surface area contributed by atoms with Crippen molar-refractivity contribution < 1.29 is 0 Å². The van der Waals surface area contributed by atoms with Crippen LogP contribution in [0.4, 0.5) is 0 Å². The lowest BCUT2D eigenvalue weighted by Crippen LogP contribution is -2.21. The molecule has 1 aromatic carbocycles. The topological polar surface area (TPSA) is 99.6 Å². The summed E-state index contributed by atoms with van der Waals surface area (Å²) in [6.07, 6.45) is 13.3. The third kappa shape index (κ3) is 4.49. The zero-order valence-corrected chi connectivity index (χ0v) is 19.1. The van der Waals surface area contributed by atoms with Gasteiger partial charge in [0, 0.05) is 45.7 Å². The van der Waals surface area contributed by atoms with Crippen molar-refractivity contribution in [3.05, 3.63) is 60.8 Å². The zero-order chi connectivity index (χ0) is 22.6. The Kier molecular flexibility index (Phi) is 6.11. The highest BCUT2D eigenvalue weighted by molar-refractivity contribution is 7.99. The van der Waals surface area contributed by atoms with E-state index in [0.717, 1.165) is 37.3 Å². The number of H-pyrrole nitrogens is 1. The fourth-order valence-corrected chi connectivity index (χ4v) is 5.05. The van der Waals surface area contributed by atoms with Crippen molar-refractivity contribution in [1.29, 1.82) is 5.26 Å². The van der Waals surface area contributed by atoms with E-state index in [1.165, 1.54) is 32.4 Å². The first-order chi connectivity index (χ1) is 16.2. The van der Waals surface area contributed by atoms with Gasteiger partial charge in [0.2, 0.25) is 0 Å². The minimum absolute atomic E-state index is 0.548. The van der Waals surface area contributed by atoms with Crippen molar-refractivity contribution in [3.63, 3.8) is 0 Å². The van der Waals surface area contributed by atoms with Crippen LogP contribution in [0.15, 0.2) is 65.0 Å². The van der Waals surface area contributed by atoms with Gasteiger partial charge in [0.05, 0.1) is 35.2 Å². The number of piperidine rings is 1. The highest BCUT2D eigenvalue weighted by Gasteiger charge is 2.15. The quantitative estimate of drug-likeness (QED) is 0.418. The molecule has 0 spiro atoms. The summed E-state index contributed by atoms with van der Waals surface area (Å²) < 4.78 is 3.53. The van der Waals surface area contributed by atoms with Crippen LogP contribution in [0.2, 0.25) is 0 Å². The maximum absolute atomic E-state index is 9.50. The molecule has 33 heavy (non-hydrogen) atoms. The molecule has 0 unspecified atom stereocenters. The van der Waals surface area contributed by atoms with Gasteiger partial charge in [0.1, 0.15) is 6.07 Å². The molecule has 1 saturated heterocycles. The van der Waals surface area contributed by atoms with E-state index >= 15 is 0 Å². The molecule has 0 amide bonds. The molecule has 0 bridgehead atoms. The number of fused-ring (bicyclic) bond motifs is 2. The van der Waals surface area contributed by atoms with Gasteiger partial charge < -0.3 is 5.32 Å². The second kappa shape index (κ2) is 9.48. The fraction of sp³-hybridized carbons (Fsp3) is 0.250. The Morgan fingerprint density at radius 2 is 1.88 bits per heavy atom. The zero-order valence-electron chi connectivity index (χ0n) is 18.3. The van der Waals surface area contributed by atoms with Gasteiger partial charge in [-0.25, -0.2) is 4.52 Å². The number of hydrogen-bond acceptors (Lipinski definition) is 6. The Bertz CT molecular complexity index is 1420. The molecule has 0 radical (unpaired) electrons. The summed E-state index contributed by atoms with van der Waals surface area (Å²) in [5.74, 6) is 0. The number of rotatable bonds is 3. The molecule has 0 aliphatic carbocycles. The second-order valence-corrected chi connectivity index (χ2v) is 9.05. The molecule has 4 aromatic heterocycles. The third-order valence-electron chi connectivity index (χ3n) is 5.60. The normalized spacial score (nSPS) is 13.6. The first kappa shape index (κ1) is 21.2. The van der Waals surface area contributed by atoms with Crippen LogP contribution < -0.4 is 5.32 Å². The molecule has 1 aliphatic rings. The molecule has 9 heteroatoms. The second-order valence-electron chi connectivity index (χ2n) is 7.96. The number of para-hydroxylation sites is 1. The summed E-state index contributed by atoms with van der Waals surface area (Å²) in [5.41, 5.74) is 4.31. The summed E-state index contributed by atoms with van der Waals surface area (Å²) >= 11 is 1.59. The number of aryl methyl sites for hydroxylation is 1. The molecule has 0 saturated carbocycles. The number of aromatic amines is 1. The van der Waals surface area contributed by atoms with Crippen molar-refractivity contribution in [1.82, 2.24) is 34.9 Å². The van der Waals surface area contributed by atoms with Gasteiger partial charge in [-0.15, -0.1) is 0 Å². The van der Waals surface area contributed by atoms with Gasteiger partial charge in [0.25, 0.3) is 0 Å². The Hall–Kier alpha value is -3.61. The van der Waals surface area contributed by atoms with E-state index in [4.69, 9.17) is 0 Å². The molecule has 0 atom stereocenters. The monoisotopic (exact) mass is 456 g/mol. The first-order valence-electron chi connectivity index (χ1n) is 10.9. The largest absolute Gasteiger partial charge is 0.317 e. The van der Waals surface area contributed by atoms with Crippen molar-refractivity contribution in [2.45, 2.75) is 29.1 Å². The molecule has 8 nitrogen and oxygen atoms in total. The molecule has 6 rings (SSSR count). The smallest absolute Gasteiger partial charge is 0.103 e. The number of nitrogens with zero attached hydrogens (tertiary/aromatic N) is 6. The molecule has 2 N–H and O–H groups in total. The average molecular weight is 457 g/mol. The summed E-state index contributed by atoms with van der Waals surface area (Å²) in [5, 5.41) is 29.7. The van der Waals surface area contributed by atoms with E-state index in [2.05, 4.69) is 37.8 Å². The van der Waals surface area contributed by atoms with Gasteiger partial charge >= 0.3 is 0 Å². The van der Waals surface area contributed by atoms with Gasteiger partial charge in [0.15, 0.2) is 0 Å². The number of pyridine rings is 1. The summed E-state index contributed by atoms with van der Waals surface area (Å²) in [4.78, 5) is 1.99. The predicted octanol–water partition coefficient (Wildman–Crippen LogP) is 4.39. The van der Waals surface area contributed by atoms with Crippen LogP contribution in [0.3, 0.4) is 0 Å². The summed E-state index contributed by atoms with van der Waals surface area (Å²) in [6.45, 7) is 2.50. The Labute approximate surface area is 195 Å². The standard InChI is InChI=1S/C19H13N7S.C5H11N/c1-25-10-15(9-22-25)13-5-17(19-14(6-20)8-23-26(19)11-13)27-16-4-2-3-12-7-21-24-18(12)16;1-2-4-6-5-3-1/h2-5,7-11H,1H3,(H,21,24);6H,1-5H2. The number of hydrogen-bond donors (Lipinski definition) is 2. The van der Waals surface area contributed by atoms with Crippen LogP contribution in [0.1, 0.15) is 24.8 Å². The van der Waals surface area contributed by atoms with Crippen LogP contribution in [-0.2, 0) is 7.05 Å². The third-order valence-corrected chi connectivity index (χ3v) is 6.69. The van der Waals surface area contributed by atoms with E-state index < -0.39 is 0 Å². The van der Waals surface area contributed by atoms with Crippen molar-refractivity contribution in [3.8, 4) is 17.2 Å². The SMILES string of the molecule is C1CCNCC1.Cn1cc(-c2cc(Sc3cccc4cn[nH]c34)c3c(C#N)cnn3c2)cn1. The Balaban J connectivity index is 0.000000332. The van der Waals surface area contributed by atoms with Gasteiger partial charge in [-0.3, -0.25) is 9.78 Å². The number of benzene rings is 1. The molecule has 5 heterocycles. The lowest BCUT2D eigenvalue weighted by molar-refractivity contribution is 0.520. The predicted molar refractivity (Wildman–Crippen MR) is 129 cm³/mol. The van der Waals surface area contributed by atoms with E-state index in [1.807, 2.05) is 43.8 Å². The van der Waals surface area contributed by atoms with E-state index in [-0.39, 0.29) is 0 Å². The average Bonchev–Trinajstić information content (AvgIpc) is 3.60. The van der Waals surface area contributed by atoms with Gasteiger partial charge in [-0.05, 0) is 38.1 Å². The Morgan fingerprint density at radius 1 is 1.00 bits per heavy atom. The minimum Gasteiger partial charge on any atom is -0.317 e. The minimum atomic E-state index is 0.548. The van der Waals surface area contributed by atoms with E-state index in [1.54, 1.807) is 33.4 Å². The van der Waals surface area contributed by atoms with Crippen molar-refractivity contribution in [2.75, 3.05) is 13.1 Å². The fourth-order valence-electron chi connectivity index (χ4n) is 3.92. The van der Waals surface area contributed by atoms with Crippen LogP contribution in [-0.4, -0.2) is 42.7 Å². The number of aromatic nitrogens is 6. The van der Waals surface area contributed by atoms with Crippen LogP contribution >= 0.6 is 11.8 Å². The van der Waals surface area contributed by atoms with E-state index in [0.29, 0.717) is 5.56 Å². The molecule has 1 fully saturated rings. The maximum atomic E-state index is 9.50. The summed E-state index contributed by atoms with van der Waals surface area (Å²) in [6, 6.07) is 10.4. The Morgan fingerprint density at radius 3 is 2.58 bits per heavy atom. The molecular formula is C24H24N8S. The maximum Gasteiger partial charge on any atom is 0.103 e. The number of nitriles is 1. The molecule has 5 aromatic rings. The highest BCUT2D eigenvalue weighted by atomic mass is 32.2. The molecule has 166 valence electrons. The lowest BCUT2D eigenvalue weighted by atomic mass is 10.1. The van der Waals surface area contributed by atoms with Crippen LogP contribution in [0.5, 0.6) is 0 Å². The van der Waals surface area contributed by atoms with Gasteiger partial charge in [-0.2, -0.15) is 20.6 Å². The van der Waals surface area contributed by atoms with Crippen molar-refractivity contribution >= 4 is 28.2 Å². The van der Waals surface area contributed by atoms with Gasteiger partial charge in [-0.1, -0.05) is 30.3 Å².